The van der Waals surface area contributed by atoms with Gasteiger partial charge in [-0.25, -0.2) is 4.79 Å². The van der Waals surface area contributed by atoms with Crippen LogP contribution in [0, 0.1) is 0 Å². The maximum atomic E-state index is 12.7. The smallest absolute Gasteiger partial charge is 0.341 e. The molecule has 2 aromatic heterocycles. The zero-order chi connectivity index (χ0) is 23.8. The number of carbonyl (C=O) groups is 4. The SMILES string of the molecule is CCOC(=O)c1cc(-c2ccccc2)sc1NC(=O)C(C)OC(=O)CCC(=O)c1cccs1. The first kappa shape index (κ1) is 24.3. The first-order valence-corrected chi connectivity index (χ1v) is 12.0. The Morgan fingerprint density at radius 2 is 1.79 bits per heavy atom. The second-order valence-electron chi connectivity index (χ2n) is 6.96. The molecule has 33 heavy (non-hydrogen) atoms. The van der Waals surface area contributed by atoms with Gasteiger partial charge in [0.1, 0.15) is 5.00 Å². The van der Waals surface area contributed by atoms with Gasteiger partial charge in [0.05, 0.1) is 23.5 Å². The third kappa shape index (κ3) is 6.59. The van der Waals surface area contributed by atoms with Crippen molar-refractivity contribution in [3.8, 4) is 10.4 Å². The molecule has 3 aromatic rings. The number of benzene rings is 1. The number of nitrogens with one attached hydrogen (secondary N) is 1. The van der Waals surface area contributed by atoms with E-state index in [0.29, 0.717) is 9.88 Å². The summed E-state index contributed by atoms with van der Waals surface area (Å²) in [4.78, 5) is 50.6. The molecule has 0 aliphatic heterocycles. The van der Waals surface area contributed by atoms with E-state index in [9.17, 15) is 19.2 Å². The lowest BCUT2D eigenvalue weighted by Gasteiger charge is -2.13. The number of carbonyl (C=O) groups excluding carboxylic acids is 4. The lowest BCUT2D eigenvalue weighted by atomic mass is 10.1. The molecule has 0 fully saturated rings. The zero-order valence-electron chi connectivity index (χ0n) is 18.2. The number of amides is 1. The van der Waals surface area contributed by atoms with Crippen LogP contribution in [0.1, 0.15) is 46.7 Å². The van der Waals surface area contributed by atoms with Gasteiger partial charge in [-0.15, -0.1) is 22.7 Å². The molecule has 1 unspecified atom stereocenters. The molecule has 1 atom stereocenters. The standard InChI is InChI=1S/C24H23NO6S2/c1-3-30-24(29)17-14-20(16-8-5-4-6-9-16)33-23(17)25-22(28)15(2)31-21(27)12-11-18(26)19-10-7-13-32-19/h4-10,13-15H,3,11-12H2,1-2H3,(H,25,28). The van der Waals surface area contributed by atoms with Crippen LogP contribution in [0.2, 0.25) is 0 Å². The van der Waals surface area contributed by atoms with Gasteiger partial charge < -0.3 is 14.8 Å². The van der Waals surface area contributed by atoms with E-state index < -0.39 is 23.9 Å². The summed E-state index contributed by atoms with van der Waals surface area (Å²) in [5.41, 5.74) is 1.12. The molecule has 1 N–H and O–H groups in total. The minimum absolute atomic E-state index is 0.00600. The molecule has 0 saturated carbocycles. The number of esters is 2. The van der Waals surface area contributed by atoms with Gasteiger partial charge in [0.2, 0.25) is 0 Å². The molecule has 9 heteroatoms. The summed E-state index contributed by atoms with van der Waals surface area (Å²) in [6, 6.07) is 14.6. The number of anilines is 1. The Morgan fingerprint density at radius 3 is 2.45 bits per heavy atom. The van der Waals surface area contributed by atoms with Crippen LogP contribution in [0.4, 0.5) is 5.00 Å². The molecular formula is C24H23NO6S2. The van der Waals surface area contributed by atoms with Crippen molar-refractivity contribution in [3.63, 3.8) is 0 Å². The van der Waals surface area contributed by atoms with Crippen molar-refractivity contribution in [2.24, 2.45) is 0 Å². The molecule has 0 spiro atoms. The van der Waals surface area contributed by atoms with Gasteiger partial charge in [0, 0.05) is 11.3 Å². The van der Waals surface area contributed by atoms with Crippen LogP contribution in [0.5, 0.6) is 0 Å². The van der Waals surface area contributed by atoms with E-state index in [1.165, 1.54) is 29.6 Å². The molecule has 0 radical (unpaired) electrons. The molecule has 0 saturated heterocycles. The first-order valence-electron chi connectivity index (χ1n) is 10.3. The molecule has 0 bridgehead atoms. The number of rotatable bonds is 10. The Hall–Kier alpha value is -3.30. The second kappa shape index (κ2) is 11.5. The van der Waals surface area contributed by atoms with Crippen molar-refractivity contribution in [3.05, 3.63) is 64.4 Å². The van der Waals surface area contributed by atoms with Gasteiger partial charge in [-0.05, 0) is 36.9 Å². The normalized spacial score (nSPS) is 11.5. The van der Waals surface area contributed by atoms with Crippen LogP contribution in [0.3, 0.4) is 0 Å². The first-order chi connectivity index (χ1) is 15.9. The van der Waals surface area contributed by atoms with Crippen LogP contribution < -0.4 is 5.32 Å². The van der Waals surface area contributed by atoms with Crippen LogP contribution in [0.15, 0.2) is 53.9 Å². The highest BCUT2D eigenvalue weighted by Crippen LogP contribution is 2.36. The van der Waals surface area contributed by atoms with Crippen molar-refractivity contribution in [1.82, 2.24) is 0 Å². The van der Waals surface area contributed by atoms with Gasteiger partial charge in [0.15, 0.2) is 11.9 Å². The van der Waals surface area contributed by atoms with Gasteiger partial charge in [-0.1, -0.05) is 36.4 Å². The van der Waals surface area contributed by atoms with E-state index in [4.69, 9.17) is 9.47 Å². The van der Waals surface area contributed by atoms with Crippen LogP contribution >= 0.6 is 22.7 Å². The van der Waals surface area contributed by atoms with Gasteiger partial charge >= 0.3 is 11.9 Å². The predicted octanol–water partition coefficient (Wildman–Crippen LogP) is 5.19. The summed E-state index contributed by atoms with van der Waals surface area (Å²) in [5, 5.41) is 4.77. The number of thiophene rings is 2. The topological polar surface area (TPSA) is 98.8 Å². The van der Waals surface area contributed by atoms with Crippen molar-refractivity contribution in [1.29, 1.82) is 0 Å². The lowest BCUT2D eigenvalue weighted by molar-refractivity contribution is -0.153. The summed E-state index contributed by atoms with van der Waals surface area (Å²) in [6.45, 7) is 3.33. The summed E-state index contributed by atoms with van der Waals surface area (Å²) in [7, 11) is 0. The second-order valence-corrected chi connectivity index (χ2v) is 8.96. The average Bonchev–Trinajstić information content (AvgIpc) is 3.49. The van der Waals surface area contributed by atoms with Crippen LogP contribution in [0.25, 0.3) is 10.4 Å². The number of ketones is 1. The third-order valence-electron chi connectivity index (χ3n) is 4.55. The van der Waals surface area contributed by atoms with E-state index in [0.717, 1.165) is 10.4 Å². The molecule has 2 heterocycles. The zero-order valence-corrected chi connectivity index (χ0v) is 19.8. The summed E-state index contributed by atoms with van der Waals surface area (Å²) in [5.74, 6) is -1.93. The van der Waals surface area contributed by atoms with E-state index in [1.54, 1.807) is 30.5 Å². The fourth-order valence-corrected chi connectivity index (χ4v) is 4.64. The lowest BCUT2D eigenvalue weighted by Crippen LogP contribution is -2.30. The number of ether oxygens (including phenoxy) is 2. The maximum Gasteiger partial charge on any atom is 0.341 e. The third-order valence-corrected chi connectivity index (χ3v) is 6.56. The van der Waals surface area contributed by atoms with E-state index in [2.05, 4.69) is 5.32 Å². The Labute approximate surface area is 199 Å². The summed E-state index contributed by atoms with van der Waals surface area (Å²) < 4.78 is 10.3. The van der Waals surface area contributed by atoms with Gasteiger partial charge in [-0.2, -0.15) is 0 Å². The number of hydrogen-bond donors (Lipinski definition) is 1. The van der Waals surface area contributed by atoms with Gasteiger partial charge in [0.25, 0.3) is 5.91 Å². The van der Waals surface area contributed by atoms with Crippen LogP contribution in [-0.2, 0) is 19.1 Å². The maximum absolute atomic E-state index is 12.7. The van der Waals surface area contributed by atoms with E-state index >= 15 is 0 Å². The predicted molar refractivity (Wildman–Crippen MR) is 128 cm³/mol. The highest BCUT2D eigenvalue weighted by atomic mass is 32.1. The fraction of sp³-hybridized carbons (Fsp3) is 0.250. The Morgan fingerprint density at radius 1 is 1.03 bits per heavy atom. The molecule has 1 aromatic carbocycles. The van der Waals surface area contributed by atoms with Crippen molar-refractivity contribution in [2.75, 3.05) is 11.9 Å². The van der Waals surface area contributed by atoms with Crippen molar-refractivity contribution >= 4 is 51.3 Å². The Bertz CT molecular complexity index is 1120. The number of Topliss-reactive ketones (excluding diaryl/α,β-unsaturated/α-hetero) is 1. The van der Waals surface area contributed by atoms with Crippen molar-refractivity contribution in [2.45, 2.75) is 32.8 Å². The molecule has 172 valence electrons. The molecule has 0 aliphatic carbocycles. The Balaban J connectivity index is 1.64. The molecule has 0 aliphatic rings. The fourth-order valence-electron chi connectivity index (χ4n) is 2.89. The van der Waals surface area contributed by atoms with Crippen molar-refractivity contribution < 1.29 is 28.7 Å². The largest absolute Gasteiger partial charge is 0.462 e. The van der Waals surface area contributed by atoms with E-state index in [-0.39, 0.29) is 30.8 Å². The monoisotopic (exact) mass is 485 g/mol. The highest BCUT2D eigenvalue weighted by Gasteiger charge is 2.24. The van der Waals surface area contributed by atoms with E-state index in [1.807, 2.05) is 30.3 Å². The summed E-state index contributed by atoms with van der Waals surface area (Å²) in [6.07, 6.45) is -1.22. The molecular weight excluding hydrogens is 462 g/mol. The number of hydrogen-bond acceptors (Lipinski definition) is 8. The minimum Gasteiger partial charge on any atom is -0.462 e. The molecule has 1 amide bonds. The minimum atomic E-state index is -1.10. The Kier molecular flexibility index (Phi) is 8.51. The summed E-state index contributed by atoms with van der Waals surface area (Å²) >= 11 is 2.53. The molecule has 3 rings (SSSR count). The molecule has 7 nitrogen and oxygen atoms in total. The highest BCUT2D eigenvalue weighted by molar-refractivity contribution is 7.20. The quantitative estimate of drug-likeness (QED) is 0.314. The average molecular weight is 486 g/mol. The van der Waals surface area contributed by atoms with Crippen LogP contribution in [-0.4, -0.2) is 36.3 Å². The van der Waals surface area contributed by atoms with Gasteiger partial charge in [-0.3, -0.25) is 14.4 Å².